The number of aromatic nitrogens is 2. The first-order valence-corrected chi connectivity index (χ1v) is 17.4. The lowest BCUT2D eigenvalue weighted by atomic mass is 9.93. The number of amides is 1. The Labute approximate surface area is 301 Å². The van der Waals surface area contributed by atoms with E-state index in [1.165, 1.54) is 39.5 Å². The van der Waals surface area contributed by atoms with E-state index in [0.29, 0.717) is 47.9 Å². The number of fused-ring (bicyclic) bond motifs is 1. The van der Waals surface area contributed by atoms with Crippen LogP contribution >= 0.6 is 0 Å². The SMILES string of the molecule is COc1cc(C(=O)N(C)CC(CCN2CCC(Nc3nc4ccccc4n3Cc3ccc(F)cc3)CC2)c2ccc(F)c(F)c2)cc(OC)c1OC. The topological polar surface area (TPSA) is 81.1 Å². The average Bonchev–Trinajstić information content (AvgIpc) is 3.50. The number of halogens is 3. The molecule has 0 bridgehead atoms. The normalized spacial score (nSPS) is 14.3. The summed E-state index contributed by atoms with van der Waals surface area (Å²) in [5.41, 5.74) is 3.85. The summed E-state index contributed by atoms with van der Waals surface area (Å²) in [6.07, 6.45) is 2.40. The van der Waals surface area contributed by atoms with E-state index < -0.39 is 11.6 Å². The van der Waals surface area contributed by atoms with Gasteiger partial charge in [0, 0.05) is 44.2 Å². The van der Waals surface area contributed by atoms with Crippen LogP contribution in [-0.4, -0.2) is 85.9 Å². The fourth-order valence-corrected chi connectivity index (χ4v) is 6.91. The van der Waals surface area contributed by atoms with E-state index in [9.17, 15) is 18.0 Å². The fraction of sp³-hybridized carbons (Fsp3) is 0.350. The van der Waals surface area contributed by atoms with Gasteiger partial charge in [0.25, 0.3) is 5.91 Å². The van der Waals surface area contributed by atoms with Crippen LogP contribution in [-0.2, 0) is 6.54 Å². The molecule has 12 heteroatoms. The highest BCUT2D eigenvalue weighted by Crippen LogP contribution is 2.38. The van der Waals surface area contributed by atoms with Gasteiger partial charge < -0.3 is 33.9 Å². The molecule has 52 heavy (non-hydrogen) atoms. The summed E-state index contributed by atoms with van der Waals surface area (Å²) >= 11 is 0. The number of rotatable bonds is 14. The molecule has 1 saturated heterocycles. The molecule has 4 aromatic carbocycles. The summed E-state index contributed by atoms with van der Waals surface area (Å²) in [6.45, 7) is 3.22. The molecule has 274 valence electrons. The minimum Gasteiger partial charge on any atom is -0.493 e. The van der Waals surface area contributed by atoms with Crippen LogP contribution in [0.4, 0.5) is 19.1 Å². The zero-order valence-electron chi connectivity index (χ0n) is 29.9. The minimum atomic E-state index is -0.918. The number of ether oxygens (including phenoxy) is 3. The van der Waals surface area contributed by atoms with E-state index in [0.717, 1.165) is 54.5 Å². The maximum atomic E-state index is 14.5. The minimum absolute atomic E-state index is 0.198. The number of carbonyl (C=O) groups excluding carboxylic acids is 1. The summed E-state index contributed by atoms with van der Waals surface area (Å²) in [5.74, 6) is -0.746. The molecule has 0 saturated carbocycles. The van der Waals surface area contributed by atoms with Crippen LogP contribution in [0.15, 0.2) is 78.9 Å². The molecule has 1 aromatic heterocycles. The quantitative estimate of drug-likeness (QED) is 0.129. The first-order valence-electron chi connectivity index (χ1n) is 17.4. The number of carbonyl (C=O) groups is 1. The number of imidazole rings is 1. The molecule has 0 radical (unpaired) electrons. The number of hydrogen-bond donors (Lipinski definition) is 1. The molecule has 1 unspecified atom stereocenters. The highest BCUT2D eigenvalue weighted by molar-refractivity contribution is 5.95. The van der Waals surface area contributed by atoms with Crippen molar-refractivity contribution in [2.75, 3.05) is 59.9 Å². The molecule has 1 fully saturated rings. The monoisotopic (exact) mass is 715 g/mol. The maximum absolute atomic E-state index is 14.5. The molecule has 6 rings (SSSR count). The Morgan fingerprint density at radius 1 is 0.904 bits per heavy atom. The van der Waals surface area contributed by atoms with E-state index in [4.69, 9.17) is 19.2 Å². The van der Waals surface area contributed by atoms with E-state index in [1.54, 1.807) is 42.3 Å². The standard InChI is InChI=1S/C40H44F3N5O4/c1-46(39(49)29-22-36(50-2)38(52-4)37(23-29)51-3)25-28(27-11-14-32(42)33(43)21-27)15-18-47-19-16-31(17-20-47)44-40-45-34-7-5-6-8-35(34)48(40)24-26-9-12-30(41)13-10-26/h5-14,21-23,28,31H,15-20,24-25H2,1-4H3,(H,44,45). The number of hydrogen-bond acceptors (Lipinski definition) is 7. The van der Waals surface area contributed by atoms with Gasteiger partial charge in [-0.05, 0) is 85.5 Å². The summed E-state index contributed by atoms with van der Waals surface area (Å²) in [4.78, 5) is 22.5. The number of likely N-dealkylation sites (tertiary alicyclic amines) is 1. The van der Waals surface area contributed by atoms with Gasteiger partial charge in [-0.1, -0.05) is 30.3 Å². The Morgan fingerprint density at radius 2 is 1.60 bits per heavy atom. The van der Waals surface area contributed by atoms with Gasteiger partial charge in [0.05, 0.1) is 38.9 Å². The van der Waals surface area contributed by atoms with Crippen molar-refractivity contribution in [1.29, 1.82) is 0 Å². The van der Waals surface area contributed by atoms with Gasteiger partial charge in [0.15, 0.2) is 23.1 Å². The van der Waals surface area contributed by atoms with Crippen LogP contribution in [0.3, 0.4) is 0 Å². The number of piperidine rings is 1. The van der Waals surface area contributed by atoms with Crippen LogP contribution in [0.25, 0.3) is 11.0 Å². The van der Waals surface area contributed by atoms with Gasteiger partial charge in [0.2, 0.25) is 11.7 Å². The summed E-state index contributed by atoms with van der Waals surface area (Å²) in [7, 11) is 6.16. The van der Waals surface area contributed by atoms with E-state index >= 15 is 0 Å². The van der Waals surface area contributed by atoms with Crippen LogP contribution in [0, 0.1) is 17.5 Å². The third-order valence-corrected chi connectivity index (χ3v) is 9.79. The third kappa shape index (κ3) is 8.28. The Kier molecular flexibility index (Phi) is 11.5. The zero-order chi connectivity index (χ0) is 36.8. The van der Waals surface area contributed by atoms with E-state index in [-0.39, 0.29) is 30.2 Å². The predicted octanol–water partition coefficient (Wildman–Crippen LogP) is 7.35. The lowest BCUT2D eigenvalue weighted by Crippen LogP contribution is -2.40. The molecule has 0 aliphatic carbocycles. The van der Waals surface area contributed by atoms with Gasteiger partial charge in [-0.3, -0.25) is 4.79 Å². The molecule has 0 spiro atoms. The predicted molar refractivity (Wildman–Crippen MR) is 195 cm³/mol. The van der Waals surface area contributed by atoms with Crippen LogP contribution in [0.1, 0.15) is 46.7 Å². The highest BCUT2D eigenvalue weighted by atomic mass is 19.2. The van der Waals surface area contributed by atoms with Gasteiger partial charge in [-0.2, -0.15) is 0 Å². The smallest absolute Gasteiger partial charge is 0.253 e. The van der Waals surface area contributed by atoms with Crippen LogP contribution < -0.4 is 19.5 Å². The maximum Gasteiger partial charge on any atom is 0.253 e. The van der Waals surface area contributed by atoms with E-state index in [2.05, 4.69) is 14.8 Å². The molecule has 1 amide bonds. The second-order valence-electron chi connectivity index (χ2n) is 13.2. The van der Waals surface area contributed by atoms with Crippen molar-refractivity contribution in [3.63, 3.8) is 0 Å². The molecule has 1 atom stereocenters. The van der Waals surface area contributed by atoms with Gasteiger partial charge in [-0.25, -0.2) is 18.2 Å². The first kappa shape index (κ1) is 36.6. The molecule has 9 nitrogen and oxygen atoms in total. The number of likely N-dealkylation sites (N-methyl/N-ethyl adjacent to an activating group) is 1. The number of benzene rings is 4. The molecule has 1 N–H and O–H groups in total. The number of nitrogens with zero attached hydrogens (tertiary/aromatic N) is 4. The largest absolute Gasteiger partial charge is 0.493 e. The summed E-state index contributed by atoms with van der Waals surface area (Å²) < 4.78 is 60.4. The molecular formula is C40H44F3N5O4. The van der Waals surface area contributed by atoms with Crippen molar-refractivity contribution in [3.8, 4) is 17.2 Å². The van der Waals surface area contributed by atoms with Gasteiger partial charge in [-0.15, -0.1) is 0 Å². The molecule has 1 aliphatic rings. The molecule has 2 heterocycles. The highest BCUT2D eigenvalue weighted by Gasteiger charge is 2.26. The van der Waals surface area contributed by atoms with Crippen molar-refractivity contribution in [3.05, 3.63) is 113 Å². The Bertz CT molecular complexity index is 1970. The van der Waals surface area contributed by atoms with Gasteiger partial charge >= 0.3 is 0 Å². The van der Waals surface area contributed by atoms with E-state index in [1.807, 2.05) is 24.3 Å². The zero-order valence-corrected chi connectivity index (χ0v) is 29.9. The number of nitrogens with one attached hydrogen (secondary N) is 1. The Morgan fingerprint density at radius 3 is 2.25 bits per heavy atom. The molecule has 5 aromatic rings. The van der Waals surface area contributed by atoms with Crippen molar-refractivity contribution < 1.29 is 32.2 Å². The first-order chi connectivity index (χ1) is 25.2. The molecular weight excluding hydrogens is 671 g/mol. The summed E-state index contributed by atoms with van der Waals surface area (Å²) in [6, 6.07) is 21.9. The van der Waals surface area contributed by atoms with Crippen molar-refractivity contribution >= 4 is 22.9 Å². The average molecular weight is 716 g/mol. The number of para-hydroxylation sites is 2. The summed E-state index contributed by atoms with van der Waals surface area (Å²) in [5, 5.41) is 3.67. The lowest BCUT2D eigenvalue weighted by Gasteiger charge is -2.34. The van der Waals surface area contributed by atoms with Crippen LogP contribution in [0.5, 0.6) is 17.2 Å². The van der Waals surface area contributed by atoms with Crippen LogP contribution in [0.2, 0.25) is 0 Å². The second kappa shape index (κ2) is 16.4. The second-order valence-corrected chi connectivity index (χ2v) is 13.2. The number of anilines is 1. The molecule has 1 aliphatic heterocycles. The van der Waals surface area contributed by atoms with Crippen molar-refractivity contribution in [2.24, 2.45) is 0 Å². The van der Waals surface area contributed by atoms with Gasteiger partial charge in [0.1, 0.15) is 5.82 Å². The number of methoxy groups -OCH3 is 3. The van der Waals surface area contributed by atoms with Crippen molar-refractivity contribution in [1.82, 2.24) is 19.4 Å². The van der Waals surface area contributed by atoms with Crippen molar-refractivity contribution in [2.45, 2.75) is 37.8 Å². The Balaban J connectivity index is 1.11. The third-order valence-electron chi connectivity index (χ3n) is 9.79. The lowest BCUT2D eigenvalue weighted by molar-refractivity contribution is 0.0781. The fourth-order valence-electron chi connectivity index (χ4n) is 6.91. The Hall–Kier alpha value is -5.23.